The minimum atomic E-state index is 0.704. The van der Waals surface area contributed by atoms with Gasteiger partial charge in [-0.1, -0.05) is 19.1 Å². The highest BCUT2D eigenvalue weighted by Crippen LogP contribution is 2.30. The lowest BCUT2D eigenvalue weighted by atomic mass is 10.1. The van der Waals surface area contributed by atoms with E-state index in [0.29, 0.717) is 4.60 Å². The first-order valence-corrected chi connectivity index (χ1v) is 8.04. The lowest BCUT2D eigenvalue weighted by molar-refractivity contribution is 0.716. The number of nitrogens with one attached hydrogen (secondary N) is 1. The second-order valence-electron chi connectivity index (χ2n) is 4.99. The number of rotatable bonds is 6. The maximum atomic E-state index is 4.71. The Kier molecular flexibility index (Phi) is 5.27. The van der Waals surface area contributed by atoms with Crippen LogP contribution in [-0.2, 0) is 13.5 Å². The van der Waals surface area contributed by atoms with Crippen molar-refractivity contribution in [3.05, 3.63) is 16.0 Å². The Morgan fingerprint density at radius 1 is 1.19 bits per heavy atom. The van der Waals surface area contributed by atoms with Gasteiger partial charge < -0.3 is 5.32 Å². The third-order valence-electron chi connectivity index (χ3n) is 3.22. The van der Waals surface area contributed by atoms with Crippen molar-refractivity contribution < 1.29 is 0 Å². The Hall–Kier alpha value is -1.50. The molecule has 114 valence electrons. The SMILES string of the molecule is CCCNc1nc(CCC)nc(-c2c(Br)nnn2C)c1C. The molecule has 0 saturated heterocycles. The number of hydrogen-bond donors (Lipinski definition) is 1. The molecule has 0 atom stereocenters. The maximum absolute atomic E-state index is 4.71. The highest BCUT2D eigenvalue weighted by Gasteiger charge is 2.18. The fourth-order valence-electron chi connectivity index (χ4n) is 2.13. The van der Waals surface area contributed by atoms with E-state index in [0.717, 1.165) is 54.4 Å². The van der Waals surface area contributed by atoms with Crippen molar-refractivity contribution in [3.8, 4) is 11.4 Å². The largest absolute Gasteiger partial charge is 0.370 e. The molecule has 2 aromatic heterocycles. The van der Waals surface area contributed by atoms with E-state index in [1.807, 2.05) is 14.0 Å². The first-order chi connectivity index (χ1) is 10.1. The molecule has 7 heteroatoms. The number of anilines is 1. The zero-order chi connectivity index (χ0) is 15.4. The van der Waals surface area contributed by atoms with Crippen LogP contribution in [0.15, 0.2) is 4.60 Å². The summed E-state index contributed by atoms with van der Waals surface area (Å²) < 4.78 is 2.44. The molecule has 21 heavy (non-hydrogen) atoms. The van der Waals surface area contributed by atoms with Gasteiger partial charge in [0.25, 0.3) is 0 Å². The average molecular weight is 353 g/mol. The van der Waals surface area contributed by atoms with Gasteiger partial charge in [0.05, 0.1) is 5.69 Å². The van der Waals surface area contributed by atoms with Crippen LogP contribution in [0.3, 0.4) is 0 Å². The molecule has 2 heterocycles. The third-order valence-corrected chi connectivity index (χ3v) is 3.75. The van der Waals surface area contributed by atoms with Gasteiger partial charge in [0.15, 0.2) is 4.60 Å². The summed E-state index contributed by atoms with van der Waals surface area (Å²) >= 11 is 3.45. The van der Waals surface area contributed by atoms with Gasteiger partial charge in [-0.25, -0.2) is 14.6 Å². The lowest BCUT2D eigenvalue weighted by Crippen LogP contribution is -2.10. The van der Waals surface area contributed by atoms with Crippen LogP contribution < -0.4 is 5.32 Å². The maximum Gasteiger partial charge on any atom is 0.157 e. The van der Waals surface area contributed by atoms with Gasteiger partial charge in [-0.3, -0.25) is 0 Å². The Morgan fingerprint density at radius 2 is 1.95 bits per heavy atom. The second kappa shape index (κ2) is 6.98. The molecule has 6 nitrogen and oxygen atoms in total. The molecule has 0 unspecified atom stereocenters. The van der Waals surface area contributed by atoms with Crippen molar-refractivity contribution in [3.63, 3.8) is 0 Å². The van der Waals surface area contributed by atoms with Crippen molar-refractivity contribution in [1.82, 2.24) is 25.0 Å². The highest BCUT2D eigenvalue weighted by molar-refractivity contribution is 9.10. The molecule has 0 spiro atoms. The minimum absolute atomic E-state index is 0.704. The molecule has 0 saturated carbocycles. The molecule has 0 aromatic carbocycles. The van der Waals surface area contributed by atoms with Crippen molar-refractivity contribution in [2.75, 3.05) is 11.9 Å². The topological polar surface area (TPSA) is 68.5 Å². The zero-order valence-corrected chi connectivity index (χ0v) is 14.5. The van der Waals surface area contributed by atoms with Crippen LogP contribution in [0, 0.1) is 6.92 Å². The molecular formula is C14H21BrN6. The van der Waals surface area contributed by atoms with Crippen LogP contribution in [0.25, 0.3) is 11.4 Å². The highest BCUT2D eigenvalue weighted by atomic mass is 79.9. The molecule has 2 rings (SSSR count). The van der Waals surface area contributed by atoms with Crippen LogP contribution >= 0.6 is 15.9 Å². The number of aromatic nitrogens is 5. The van der Waals surface area contributed by atoms with Gasteiger partial charge in [0.2, 0.25) is 0 Å². The van der Waals surface area contributed by atoms with E-state index in [9.17, 15) is 0 Å². The van der Waals surface area contributed by atoms with E-state index in [1.165, 1.54) is 0 Å². The minimum Gasteiger partial charge on any atom is -0.370 e. The Morgan fingerprint density at radius 3 is 2.52 bits per heavy atom. The van der Waals surface area contributed by atoms with Gasteiger partial charge >= 0.3 is 0 Å². The Bertz CT molecular complexity index is 603. The molecule has 0 aliphatic heterocycles. The summed E-state index contributed by atoms with van der Waals surface area (Å²) in [5.41, 5.74) is 2.78. The predicted octanol–water partition coefficient (Wildman–Crippen LogP) is 3.12. The van der Waals surface area contributed by atoms with Crippen molar-refractivity contribution >= 4 is 21.7 Å². The summed E-state index contributed by atoms with van der Waals surface area (Å²) in [6, 6.07) is 0. The molecule has 0 fully saturated rings. The van der Waals surface area contributed by atoms with Gasteiger partial charge in [-0.05, 0) is 35.7 Å². The molecule has 0 radical (unpaired) electrons. The summed E-state index contributed by atoms with van der Waals surface area (Å²) in [4.78, 5) is 9.35. The molecule has 0 amide bonds. The van der Waals surface area contributed by atoms with Gasteiger partial charge in [0, 0.05) is 25.6 Å². The van der Waals surface area contributed by atoms with Crippen molar-refractivity contribution in [2.45, 2.75) is 40.0 Å². The van der Waals surface area contributed by atoms with E-state index in [2.05, 4.69) is 50.4 Å². The monoisotopic (exact) mass is 352 g/mol. The number of hydrogen-bond acceptors (Lipinski definition) is 5. The average Bonchev–Trinajstić information content (AvgIpc) is 2.79. The summed E-state index contributed by atoms with van der Waals surface area (Å²) in [5, 5.41) is 11.5. The van der Waals surface area contributed by atoms with Crippen LogP contribution in [0.2, 0.25) is 0 Å². The van der Waals surface area contributed by atoms with Crippen molar-refractivity contribution in [1.29, 1.82) is 0 Å². The number of aryl methyl sites for hydroxylation is 2. The molecule has 1 N–H and O–H groups in total. The van der Waals surface area contributed by atoms with Crippen LogP contribution in [0.5, 0.6) is 0 Å². The zero-order valence-electron chi connectivity index (χ0n) is 12.9. The lowest BCUT2D eigenvalue weighted by Gasteiger charge is -2.13. The summed E-state index contributed by atoms with van der Waals surface area (Å²) in [6.07, 6.45) is 2.93. The Labute approximate surface area is 133 Å². The fraction of sp³-hybridized carbons (Fsp3) is 0.571. The molecule has 0 aliphatic rings. The fourth-order valence-corrected chi connectivity index (χ4v) is 2.64. The number of nitrogens with zero attached hydrogens (tertiary/aromatic N) is 5. The van der Waals surface area contributed by atoms with Crippen LogP contribution in [-0.4, -0.2) is 31.5 Å². The summed E-state index contributed by atoms with van der Waals surface area (Å²) in [5.74, 6) is 1.75. The molecule has 0 bridgehead atoms. The smallest absolute Gasteiger partial charge is 0.157 e. The molecule has 2 aromatic rings. The van der Waals surface area contributed by atoms with E-state index >= 15 is 0 Å². The Balaban J connectivity index is 2.55. The third kappa shape index (κ3) is 3.40. The van der Waals surface area contributed by atoms with Gasteiger partial charge in [0.1, 0.15) is 17.3 Å². The van der Waals surface area contributed by atoms with Gasteiger partial charge in [-0.2, -0.15) is 0 Å². The van der Waals surface area contributed by atoms with Crippen LogP contribution in [0.4, 0.5) is 5.82 Å². The van der Waals surface area contributed by atoms with Gasteiger partial charge in [-0.15, -0.1) is 5.10 Å². The van der Waals surface area contributed by atoms with E-state index in [-0.39, 0.29) is 0 Å². The number of halogens is 1. The van der Waals surface area contributed by atoms with E-state index in [4.69, 9.17) is 4.98 Å². The predicted molar refractivity (Wildman–Crippen MR) is 87.2 cm³/mol. The summed E-state index contributed by atoms with van der Waals surface area (Å²) in [7, 11) is 1.87. The first kappa shape index (κ1) is 15.9. The normalized spacial score (nSPS) is 10.9. The molecular weight excluding hydrogens is 332 g/mol. The standard InChI is InChI=1S/C14H21BrN6/c1-5-7-10-17-11(12-13(15)19-20-21(12)4)9(3)14(18-10)16-8-6-2/h5-8H2,1-4H3,(H,16,17,18). The van der Waals surface area contributed by atoms with Crippen LogP contribution in [0.1, 0.15) is 38.1 Å². The first-order valence-electron chi connectivity index (χ1n) is 7.25. The van der Waals surface area contributed by atoms with E-state index < -0.39 is 0 Å². The molecule has 0 aliphatic carbocycles. The van der Waals surface area contributed by atoms with Crippen molar-refractivity contribution in [2.24, 2.45) is 7.05 Å². The quantitative estimate of drug-likeness (QED) is 0.864. The second-order valence-corrected chi connectivity index (χ2v) is 5.74. The van der Waals surface area contributed by atoms with E-state index in [1.54, 1.807) is 4.68 Å². The summed E-state index contributed by atoms with van der Waals surface area (Å²) in [6.45, 7) is 7.19.